The highest BCUT2D eigenvalue weighted by Crippen LogP contribution is 2.39. The third-order valence-corrected chi connectivity index (χ3v) is 7.15. The molecule has 0 saturated heterocycles. The lowest BCUT2D eigenvalue weighted by Crippen LogP contribution is -2.35. The first-order chi connectivity index (χ1) is 14.2. The normalized spacial score (nSPS) is 16.9. The van der Waals surface area contributed by atoms with Crippen molar-refractivity contribution in [2.45, 2.75) is 23.8 Å². The van der Waals surface area contributed by atoms with Crippen molar-refractivity contribution in [3.8, 4) is 0 Å². The van der Waals surface area contributed by atoms with Crippen molar-refractivity contribution in [1.82, 2.24) is 9.21 Å². The number of para-hydroxylation sites is 1. The Balaban J connectivity index is 1.50. The smallest absolute Gasteiger partial charge is 0.269 e. The first-order valence-electron chi connectivity index (χ1n) is 9.23. The lowest BCUT2D eigenvalue weighted by Gasteiger charge is -2.17. The molecule has 1 fully saturated rings. The van der Waals surface area contributed by atoms with Crippen molar-refractivity contribution >= 4 is 45.0 Å². The Morgan fingerprint density at radius 1 is 1.20 bits per heavy atom. The van der Waals surface area contributed by atoms with E-state index in [-0.39, 0.29) is 28.6 Å². The maximum Gasteiger partial charge on any atom is 0.269 e. The number of carbonyl (C=O) groups is 3. The van der Waals surface area contributed by atoms with Gasteiger partial charge in [-0.1, -0.05) is 23.7 Å². The molecule has 1 N–H and O–H groups in total. The number of halogens is 1. The van der Waals surface area contributed by atoms with E-state index in [1.807, 2.05) is 0 Å². The van der Waals surface area contributed by atoms with E-state index in [0.717, 1.165) is 9.21 Å². The molecule has 1 saturated carbocycles. The number of anilines is 1. The number of nitrogens with zero attached hydrogens (tertiary/aromatic N) is 2. The van der Waals surface area contributed by atoms with Gasteiger partial charge < -0.3 is 10.2 Å². The van der Waals surface area contributed by atoms with Crippen LogP contribution < -0.4 is 5.32 Å². The van der Waals surface area contributed by atoms with E-state index in [4.69, 9.17) is 11.6 Å². The quantitative estimate of drug-likeness (QED) is 0.757. The number of carbonyl (C=O) groups excluding carboxylic acids is 3. The Bertz CT molecular complexity index is 1180. The van der Waals surface area contributed by atoms with Crippen molar-refractivity contribution < 1.29 is 22.8 Å². The first kappa shape index (κ1) is 20.4. The molecule has 0 unspecified atom stereocenters. The summed E-state index contributed by atoms with van der Waals surface area (Å²) in [5, 5.41) is 2.99. The zero-order chi connectivity index (χ0) is 21.6. The van der Waals surface area contributed by atoms with Crippen LogP contribution in [-0.2, 0) is 14.8 Å². The fourth-order valence-corrected chi connectivity index (χ4v) is 5.33. The molecule has 4 rings (SSSR count). The van der Waals surface area contributed by atoms with Gasteiger partial charge >= 0.3 is 0 Å². The fraction of sp³-hybridized carbons (Fsp3) is 0.250. The van der Waals surface area contributed by atoms with Gasteiger partial charge in [0.2, 0.25) is 5.91 Å². The van der Waals surface area contributed by atoms with Crippen molar-refractivity contribution in [1.29, 1.82) is 0 Å². The molecule has 1 heterocycles. The predicted molar refractivity (Wildman–Crippen MR) is 110 cm³/mol. The number of likely N-dealkylation sites (N-methyl/N-ethyl adjacent to an activating group) is 1. The monoisotopic (exact) mass is 447 g/mol. The lowest BCUT2D eigenvalue weighted by atomic mass is 10.1. The minimum Gasteiger partial charge on any atom is -0.332 e. The minimum absolute atomic E-state index is 0.0672. The molecule has 1 aliphatic carbocycles. The number of nitrogens with one attached hydrogen (secondary N) is 1. The van der Waals surface area contributed by atoms with Crippen LogP contribution in [0.3, 0.4) is 0 Å². The Labute approximate surface area is 178 Å². The second kappa shape index (κ2) is 7.41. The molecule has 156 valence electrons. The highest BCUT2D eigenvalue weighted by Gasteiger charge is 2.48. The van der Waals surface area contributed by atoms with Crippen LogP contribution >= 0.6 is 11.6 Å². The summed E-state index contributed by atoms with van der Waals surface area (Å²) in [6.07, 6.45) is 1.29. The third-order valence-electron chi connectivity index (χ3n) is 4.95. The first-order valence-corrected chi connectivity index (χ1v) is 11.0. The van der Waals surface area contributed by atoms with Gasteiger partial charge in [-0.2, -0.15) is 0 Å². The van der Waals surface area contributed by atoms with Gasteiger partial charge in [0.25, 0.3) is 21.8 Å². The van der Waals surface area contributed by atoms with Crippen molar-refractivity contribution in [2.24, 2.45) is 0 Å². The highest BCUT2D eigenvalue weighted by atomic mass is 35.5. The van der Waals surface area contributed by atoms with Gasteiger partial charge in [-0.3, -0.25) is 14.4 Å². The molecule has 0 spiro atoms. The molecule has 0 atom stereocenters. The number of sulfonamides is 1. The van der Waals surface area contributed by atoms with E-state index in [0.29, 0.717) is 23.6 Å². The summed E-state index contributed by atoms with van der Waals surface area (Å²) in [4.78, 5) is 38.4. The Morgan fingerprint density at radius 3 is 2.57 bits per heavy atom. The van der Waals surface area contributed by atoms with Crippen LogP contribution in [0, 0.1) is 0 Å². The largest absolute Gasteiger partial charge is 0.332 e. The van der Waals surface area contributed by atoms with Gasteiger partial charge in [0.05, 0.1) is 22.8 Å². The molecule has 1 aliphatic heterocycles. The van der Waals surface area contributed by atoms with Crippen molar-refractivity contribution in [3.63, 3.8) is 0 Å². The maximum absolute atomic E-state index is 12.7. The second-order valence-corrected chi connectivity index (χ2v) is 9.43. The van der Waals surface area contributed by atoms with Gasteiger partial charge in [0.15, 0.2) is 0 Å². The molecule has 2 aromatic rings. The molecule has 2 aromatic carbocycles. The average molecular weight is 448 g/mol. The second-order valence-electron chi connectivity index (χ2n) is 7.24. The van der Waals surface area contributed by atoms with Crippen LogP contribution in [0.2, 0.25) is 5.02 Å². The number of fused-ring (bicyclic) bond motifs is 1. The van der Waals surface area contributed by atoms with E-state index in [9.17, 15) is 22.8 Å². The molecule has 30 heavy (non-hydrogen) atoms. The van der Waals surface area contributed by atoms with Crippen LogP contribution in [-0.4, -0.2) is 55.0 Å². The lowest BCUT2D eigenvalue weighted by molar-refractivity contribution is -0.116. The van der Waals surface area contributed by atoms with Crippen LogP contribution in [0.15, 0.2) is 47.4 Å². The standard InChI is InChI=1S/C20H18ClN3O5S/c1-23(11-18(25)22-16-5-3-2-4-15(16)21)19(26)12-6-9-14-17(10-12)30(28,29)24(20(14)27)13-7-8-13/h2-6,9-10,13H,7-8,11H2,1H3,(H,22,25). The Hall–Kier alpha value is -2.91. The summed E-state index contributed by atoms with van der Waals surface area (Å²) in [6.45, 7) is -0.263. The Kier molecular flexibility index (Phi) is 5.03. The molecule has 0 aromatic heterocycles. The number of hydrogen-bond acceptors (Lipinski definition) is 5. The van der Waals surface area contributed by atoms with Gasteiger partial charge in [0.1, 0.15) is 4.90 Å². The molecule has 2 aliphatic rings. The molecule has 0 radical (unpaired) electrons. The van der Waals surface area contributed by atoms with Crippen LogP contribution in [0.5, 0.6) is 0 Å². The van der Waals surface area contributed by atoms with Crippen molar-refractivity contribution in [2.75, 3.05) is 18.9 Å². The number of rotatable bonds is 5. The third kappa shape index (κ3) is 3.54. The zero-order valence-corrected chi connectivity index (χ0v) is 17.5. The van der Waals surface area contributed by atoms with E-state index in [1.54, 1.807) is 24.3 Å². The predicted octanol–water partition coefficient (Wildman–Crippen LogP) is 2.36. The van der Waals surface area contributed by atoms with Gasteiger partial charge in [-0.25, -0.2) is 12.7 Å². The summed E-state index contributed by atoms with van der Waals surface area (Å²) in [5.74, 6) is -1.55. The molecule has 0 bridgehead atoms. The molecular weight excluding hydrogens is 430 g/mol. The van der Waals surface area contributed by atoms with Crippen molar-refractivity contribution in [3.05, 3.63) is 58.6 Å². The molecular formula is C20H18ClN3O5S. The Morgan fingerprint density at radius 2 is 1.90 bits per heavy atom. The summed E-state index contributed by atoms with van der Waals surface area (Å²) >= 11 is 6.01. The fourth-order valence-electron chi connectivity index (χ4n) is 3.31. The summed E-state index contributed by atoms with van der Waals surface area (Å²) in [7, 11) is -2.53. The number of amides is 3. The van der Waals surface area contributed by atoms with Crippen LogP contribution in [0.1, 0.15) is 33.6 Å². The van der Waals surface area contributed by atoms with E-state index in [2.05, 4.69) is 5.32 Å². The number of hydrogen-bond donors (Lipinski definition) is 1. The number of benzene rings is 2. The highest BCUT2D eigenvalue weighted by molar-refractivity contribution is 7.90. The van der Waals surface area contributed by atoms with E-state index < -0.39 is 27.7 Å². The summed E-state index contributed by atoms with van der Waals surface area (Å²) < 4.78 is 26.4. The zero-order valence-electron chi connectivity index (χ0n) is 16.0. The van der Waals surface area contributed by atoms with Crippen LogP contribution in [0.4, 0.5) is 5.69 Å². The topological polar surface area (TPSA) is 104 Å². The minimum atomic E-state index is -3.96. The maximum atomic E-state index is 12.7. The van der Waals surface area contributed by atoms with Gasteiger partial charge in [-0.05, 0) is 43.2 Å². The average Bonchev–Trinajstić information content (AvgIpc) is 3.50. The van der Waals surface area contributed by atoms with Crippen LogP contribution in [0.25, 0.3) is 0 Å². The SMILES string of the molecule is CN(CC(=O)Nc1ccccc1Cl)C(=O)c1ccc2c(c1)S(=O)(=O)N(C1CC1)C2=O. The van der Waals surface area contributed by atoms with Gasteiger partial charge in [0, 0.05) is 18.7 Å². The molecule has 10 heteroatoms. The summed E-state index contributed by atoms with van der Waals surface area (Å²) in [5.41, 5.74) is 0.570. The molecule has 3 amide bonds. The van der Waals surface area contributed by atoms with E-state index in [1.165, 1.54) is 25.2 Å². The summed E-state index contributed by atoms with van der Waals surface area (Å²) in [6, 6.07) is 10.4. The van der Waals surface area contributed by atoms with E-state index >= 15 is 0 Å². The molecule has 8 nitrogen and oxygen atoms in total. The van der Waals surface area contributed by atoms with Gasteiger partial charge in [-0.15, -0.1) is 0 Å².